The van der Waals surface area contributed by atoms with E-state index in [4.69, 9.17) is 9.90 Å². The minimum Gasteiger partial charge on any atom is -0.478 e. The second-order valence-electron chi connectivity index (χ2n) is 12.8. The van der Waals surface area contributed by atoms with Crippen molar-refractivity contribution >= 4 is 41.4 Å². The molecular weight excluding hydrogens is 727 g/mol. The molecule has 0 saturated carbocycles. The Labute approximate surface area is 297 Å². The van der Waals surface area contributed by atoms with Crippen molar-refractivity contribution in [2.75, 3.05) is 45.2 Å². The largest absolute Gasteiger partial charge is 0.490 e. The summed E-state index contributed by atoms with van der Waals surface area (Å²) < 4.78 is 85.7. The smallest absolute Gasteiger partial charge is 0.478 e. The first-order valence-electron chi connectivity index (χ1n) is 15.8. The van der Waals surface area contributed by atoms with Gasteiger partial charge in [0.25, 0.3) is 11.8 Å². The van der Waals surface area contributed by atoms with Crippen LogP contribution in [0.25, 0.3) is 0 Å². The fraction of sp³-hybridized carbons (Fsp3) is 0.455. The van der Waals surface area contributed by atoms with Gasteiger partial charge in [0.15, 0.2) is 0 Å². The number of carboxylic acids is 2. The van der Waals surface area contributed by atoms with Crippen LogP contribution in [0.2, 0.25) is 0 Å². The number of alkyl halides is 6. The number of likely N-dealkylation sites (tertiary alicyclic amines) is 1. The third kappa shape index (κ3) is 9.59. The van der Waals surface area contributed by atoms with Gasteiger partial charge in [0.05, 0.1) is 16.7 Å². The summed E-state index contributed by atoms with van der Waals surface area (Å²) in [6.45, 7) is 3.70. The fourth-order valence-corrected chi connectivity index (χ4v) is 5.68. The van der Waals surface area contributed by atoms with Crippen LogP contribution in [0.4, 0.5) is 41.2 Å². The van der Waals surface area contributed by atoms with Crippen molar-refractivity contribution in [1.29, 1.82) is 0 Å². The van der Waals surface area contributed by atoms with E-state index < -0.39 is 82.5 Å². The lowest BCUT2D eigenvalue weighted by Gasteiger charge is -2.43. The number of imide groups is 1. The summed E-state index contributed by atoms with van der Waals surface area (Å²) in [5.41, 5.74) is -3.14. The van der Waals surface area contributed by atoms with Gasteiger partial charge >= 0.3 is 30.3 Å². The van der Waals surface area contributed by atoms with E-state index in [2.05, 4.69) is 5.32 Å². The summed E-state index contributed by atoms with van der Waals surface area (Å²) >= 11 is 0. The molecule has 290 valence electrons. The molecule has 3 N–H and O–H groups in total. The molecule has 2 aliphatic heterocycles. The van der Waals surface area contributed by atoms with Crippen LogP contribution in [0.15, 0.2) is 42.5 Å². The number of nitrogens with zero attached hydrogens (tertiary/aromatic N) is 4. The SMILES string of the molecule is CC(C)C(NC(=O)c1cc(C(F)(F)F)ccc1F)C(=O)N1CCC2(CC1)C(=O)N(CCN(C)C)C(=O)N2c1ccc(C(=O)O)cc1.O=C(O)C(F)(F)F. The number of carbonyl (C=O) groups excluding carboxylic acids is 4. The Balaban J connectivity index is 0.000000980. The van der Waals surface area contributed by atoms with Crippen LogP contribution < -0.4 is 10.2 Å². The zero-order valence-electron chi connectivity index (χ0n) is 28.7. The molecule has 53 heavy (non-hydrogen) atoms. The molecule has 2 aliphatic rings. The zero-order valence-corrected chi connectivity index (χ0v) is 28.7. The maximum atomic E-state index is 14.4. The van der Waals surface area contributed by atoms with E-state index in [-0.39, 0.29) is 38.0 Å². The van der Waals surface area contributed by atoms with Crippen molar-refractivity contribution in [3.63, 3.8) is 0 Å². The van der Waals surface area contributed by atoms with Gasteiger partial charge in [-0.15, -0.1) is 0 Å². The Kier molecular flexibility index (Phi) is 12.9. The molecule has 2 aromatic rings. The number of nitrogens with one attached hydrogen (secondary N) is 1. The van der Waals surface area contributed by atoms with E-state index >= 15 is 0 Å². The first-order valence-corrected chi connectivity index (χ1v) is 15.8. The molecule has 0 bridgehead atoms. The first-order chi connectivity index (χ1) is 24.4. The molecule has 0 radical (unpaired) electrons. The van der Waals surface area contributed by atoms with Crippen molar-refractivity contribution in [1.82, 2.24) is 20.0 Å². The van der Waals surface area contributed by atoms with Crippen molar-refractivity contribution in [3.8, 4) is 0 Å². The highest BCUT2D eigenvalue weighted by Gasteiger charge is 2.59. The fourth-order valence-electron chi connectivity index (χ4n) is 5.68. The predicted molar refractivity (Wildman–Crippen MR) is 171 cm³/mol. The van der Waals surface area contributed by atoms with E-state index in [1.165, 1.54) is 34.1 Å². The molecule has 1 unspecified atom stereocenters. The number of likely N-dealkylation sites (N-methyl/N-ethyl adjacent to an activating group) is 1. The Bertz CT molecular complexity index is 1720. The van der Waals surface area contributed by atoms with Crippen molar-refractivity contribution in [2.45, 2.75) is 50.6 Å². The number of benzene rings is 2. The highest BCUT2D eigenvalue weighted by molar-refractivity contribution is 6.17. The molecule has 13 nitrogen and oxygen atoms in total. The second kappa shape index (κ2) is 16.2. The minimum atomic E-state index is -5.08. The number of rotatable bonds is 9. The molecule has 2 saturated heterocycles. The van der Waals surface area contributed by atoms with Gasteiger partial charge in [0.1, 0.15) is 17.4 Å². The first kappa shape index (κ1) is 42.1. The quantitative estimate of drug-likeness (QED) is 0.249. The monoisotopic (exact) mass is 763 g/mol. The van der Waals surface area contributed by atoms with E-state index in [0.29, 0.717) is 30.4 Å². The number of anilines is 1. The predicted octanol–water partition coefficient (Wildman–Crippen LogP) is 4.32. The van der Waals surface area contributed by atoms with Crippen LogP contribution in [-0.4, -0.2) is 119 Å². The molecule has 0 aromatic heterocycles. The molecule has 5 amide bonds. The number of aromatic carboxylic acids is 1. The number of urea groups is 1. The molecule has 0 aliphatic carbocycles. The van der Waals surface area contributed by atoms with Gasteiger partial charge in [0, 0.05) is 31.9 Å². The highest BCUT2D eigenvalue weighted by atomic mass is 19.4. The molecule has 20 heteroatoms. The van der Waals surface area contributed by atoms with Gasteiger partial charge in [-0.2, -0.15) is 26.3 Å². The van der Waals surface area contributed by atoms with Crippen LogP contribution in [0.1, 0.15) is 53.0 Å². The number of hydrogen-bond donors (Lipinski definition) is 3. The van der Waals surface area contributed by atoms with E-state index in [1.807, 2.05) is 4.90 Å². The average Bonchev–Trinajstić information content (AvgIpc) is 3.25. The number of amides is 5. The van der Waals surface area contributed by atoms with Gasteiger partial charge in [-0.1, -0.05) is 13.8 Å². The molecule has 1 atom stereocenters. The van der Waals surface area contributed by atoms with Gasteiger partial charge in [-0.05, 0) is 75.3 Å². The standard InChI is InChI=1S/C31H35F4N5O6.C2HF3O2/c1-18(2)24(36-25(41)22-17-20(31(33,34)35)7-10-23(22)32)26(42)38-13-11-30(12-14-38)28(45)39(16-15-37(3)4)29(46)40(30)21-8-5-19(6-9-21)27(43)44;3-2(4,5)1(6)7/h5-10,17-18,24H,11-16H2,1-4H3,(H,36,41)(H,43,44);(H,6,7). The van der Waals surface area contributed by atoms with Crippen LogP contribution in [-0.2, 0) is 20.6 Å². The number of piperidine rings is 1. The molecule has 2 fully saturated rings. The van der Waals surface area contributed by atoms with Crippen molar-refractivity contribution in [2.24, 2.45) is 5.92 Å². The van der Waals surface area contributed by atoms with Crippen LogP contribution >= 0.6 is 0 Å². The van der Waals surface area contributed by atoms with Crippen LogP contribution in [0, 0.1) is 11.7 Å². The maximum Gasteiger partial charge on any atom is 0.490 e. The third-order valence-electron chi connectivity index (χ3n) is 8.54. The van der Waals surface area contributed by atoms with Crippen LogP contribution in [0.3, 0.4) is 0 Å². The number of aliphatic carboxylic acids is 1. The summed E-state index contributed by atoms with van der Waals surface area (Å²) in [6.07, 6.45) is -9.86. The lowest BCUT2D eigenvalue weighted by atomic mass is 9.84. The second-order valence-corrected chi connectivity index (χ2v) is 12.8. The lowest BCUT2D eigenvalue weighted by molar-refractivity contribution is -0.192. The summed E-state index contributed by atoms with van der Waals surface area (Å²) in [5, 5.41) is 18.8. The van der Waals surface area contributed by atoms with Gasteiger partial charge in [-0.25, -0.2) is 18.8 Å². The molecule has 2 heterocycles. The maximum absolute atomic E-state index is 14.4. The molecule has 4 rings (SSSR count). The third-order valence-corrected chi connectivity index (χ3v) is 8.54. The Hall–Kier alpha value is -5.27. The highest BCUT2D eigenvalue weighted by Crippen LogP contribution is 2.41. The summed E-state index contributed by atoms with van der Waals surface area (Å²) in [7, 11) is 3.58. The minimum absolute atomic E-state index is 0.00700. The topological polar surface area (TPSA) is 168 Å². The van der Waals surface area contributed by atoms with E-state index in [0.717, 1.165) is 4.90 Å². The van der Waals surface area contributed by atoms with Gasteiger partial charge < -0.3 is 25.3 Å². The zero-order chi connectivity index (χ0) is 40.2. The summed E-state index contributed by atoms with van der Waals surface area (Å²) in [6, 6.07) is 5.18. The van der Waals surface area contributed by atoms with Crippen LogP contribution in [0.5, 0.6) is 0 Å². The number of hydrogen-bond acceptors (Lipinski definition) is 7. The molecule has 1 spiro atoms. The van der Waals surface area contributed by atoms with Crippen molar-refractivity contribution in [3.05, 3.63) is 65.0 Å². The lowest BCUT2D eigenvalue weighted by Crippen LogP contribution is -2.60. The molecule has 2 aromatic carbocycles. The Morgan fingerprint density at radius 3 is 1.92 bits per heavy atom. The average molecular weight is 764 g/mol. The Morgan fingerprint density at radius 2 is 1.47 bits per heavy atom. The number of carbonyl (C=O) groups is 6. The number of carboxylic acid groups (broad SMARTS) is 2. The number of halogens is 7. The summed E-state index contributed by atoms with van der Waals surface area (Å²) in [5.74, 6) is -7.86. The normalized spacial score (nSPS) is 16.5. The van der Waals surface area contributed by atoms with Gasteiger partial charge in [0.2, 0.25) is 5.91 Å². The van der Waals surface area contributed by atoms with Gasteiger partial charge in [-0.3, -0.25) is 24.2 Å². The summed E-state index contributed by atoms with van der Waals surface area (Å²) in [4.78, 5) is 80.1. The van der Waals surface area contributed by atoms with Crippen molar-refractivity contribution < 1.29 is 69.7 Å². The van der Waals surface area contributed by atoms with E-state index in [1.54, 1.807) is 27.9 Å². The van der Waals surface area contributed by atoms with E-state index in [9.17, 15) is 59.8 Å². The molecular formula is C33H36F7N5O8. The Morgan fingerprint density at radius 1 is 0.925 bits per heavy atom.